The summed E-state index contributed by atoms with van der Waals surface area (Å²) in [6.45, 7) is 5.64. The van der Waals surface area contributed by atoms with Gasteiger partial charge in [0.15, 0.2) is 5.82 Å². The number of aromatic nitrogens is 2. The van der Waals surface area contributed by atoms with Crippen molar-refractivity contribution in [2.75, 3.05) is 0 Å². The molecule has 0 radical (unpaired) electrons. The third-order valence-electron chi connectivity index (χ3n) is 4.74. The van der Waals surface area contributed by atoms with Crippen LogP contribution in [-0.4, -0.2) is 44.4 Å². The molecule has 2 aliphatic heterocycles. The SMILES string of the molecule is CC(C)(C)OC(=O)N1C2CCCC1CC(C(=O)c1ncccn1)C2. The molecule has 2 unspecified atom stereocenters. The highest BCUT2D eigenvalue weighted by atomic mass is 16.6. The number of fused-ring (bicyclic) bond motifs is 2. The lowest BCUT2D eigenvalue weighted by atomic mass is 9.77. The second-order valence-electron chi connectivity index (χ2n) is 7.73. The normalized spacial score (nSPS) is 26.8. The van der Waals surface area contributed by atoms with E-state index < -0.39 is 5.60 Å². The van der Waals surface area contributed by atoms with Gasteiger partial charge in [0.2, 0.25) is 5.78 Å². The van der Waals surface area contributed by atoms with Crippen molar-refractivity contribution in [2.45, 2.75) is 70.6 Å². The van der Waals surface area contributed by atoms with Crippen molar-refractivity contribution in [3.63, 3.8) is 0 Å². The summed E-state index contributed by atoms with van der Waals surface area (Å²) in [6, 6.07) is 1.85. The Morgan fingerprint density at radius 2 is 1.71 bits per heavy atom. The number of Topliss-reactive ketones (excluding diaryl/α,β-unsaturated/α-hetero) is 1. The average molecular weight is 331 g/mol. The van der Waals surface area contributed by atoms with Crippen LogP contribution in [0.5, 0.6) is 0 Å². The lowest BCUT2D eigenvalue weighted by Gasteiger charge is -2.48. The second-order valence-corrected chi connectivity index (χ2v) is 7.73. The summed E-state index contributed by atoms with van der Waals surface area (Å²) in [4.78, 5) is 35.3. The van der Waals surface area contributed by atoms with Gasteiger partial charge >= 0.3 is 6.09 Å². The number of hydrogen-bond acceptors (Lipinski definition) is 5. The predicted octanol–water partition coefficient (Wildman–Crippen LogP) is 3.23. The van der Waals surface area contributed by atoms with Gasteiger partial charge in [-0.2, -0.15) is 0 Å². The first kappa shape index (κ1) is 16.9. The number of hydrogen-bond donors (Lipinski definition) is 0. The molecule has 2 saturated heterocycles. The minimum Gasteiger partial charge on any atom is -0.444 e. The molecule has 6 nitrogen and oxygen atoms in total. The van der Waals surface area contributed by atoms with Crippen molar-refractivity contribution in [1.82, 2.24) is 14.9 Å². The van der Waals surface area contributed by atoms with Crippen LogP contribution >= 0.6 is 0 Å². The number of amides is 1. The fourth-order valence-electron chi connectivity index (χ4n) is 3.82. The first-order valence-corrected chi connectivity index (χ1v) is 8.67. The molecule has 3 rings (SSSR count). The number of ether oxygens (including phenoxy) is 1. The van der Waals surface area contributed by atoms with E-state index in [2.05, 4.69) is 9.97 Å². The van der Waals surface area contributed by atoms with Crippen molar-refractivity contribution in [1.29, 1.82) is 0 Å². The van der Waals surface area contributed by atoms with E-state index in [1.807, 2.05) is 25.7 Å². The molecule has 2 atom stereocenters. The van der Waals surface area contributed by atoms with E-state index in [1.165, 1.54) is 0 Å². The topological polar surface area (TPSA) is 72.4 Å². The summed E-state index contributed by atoms with van der Waals surface area (Å²) < 4.78 is 5.57. The monoisotopic (exact) mass is 331 g/mol. The molecule has 0 aromatic carbocycles. The largest absolute Gasteiger partial charge is 0.444 e. The predicted molar refractivity (Wildman–Crippen MR) is 88.6 cm³/mol. The van der Waals surface area contributed by atoms with E-state index in [-0.39, 0.29) is 35.7 Å². The first-order valence-electron chi connectivity index (χ1n) is 8.67. The van der Waals surface area contributed by atoms with Crippen LogP contribution in [0, 0.1) is 5.92 Å². The van der Waals surface area contributed by atoms with Gasteiger partial charge in [-0.05, 0) is 58.9 Å². The summed E-state index contributed by atoms with van der Waals surface area (Å²) in [6.07, 6.45) is 7.23. The van der Waals surface area contributed by atoms with Crippen LogP contribution in [0.25, 0.3) is 0 Å². The molecule has 1 amide bonds. The zero-order valence-corrected chi connectivity index (χ0v) is 14.6. The van der Waals surface area contributed by atoms with E-state index in [9.17, 15) is 9.59 Å². The standard InChI is InChI=1S/C18H25N3O3/c1-18(2,3)24-17(23)21-13-6-4-7-14(21)11-12(10-13)15(22)16-19-8-5-9-20-16/h5,8-9,12-14H,4,6-7,10-11H2,1-3H3. The van der Waals surface area contributed by atoms with E-state index in [4.69, 9.17) is 4.74 Å². The van der Waals surface area contributed by atoms with Crippen LogP contribution in [0.4, 0.5) is 4.79 Å². The summed E-state index contributed by atoms with van der Waals surface area (Å²) in [5.74, 6) is 0.170. The van der Waals surface area contributed by atoms with Crippen molar-refractivity contribution >= 4 is 11.9 Å². The molecule has 2 bridgehead atoms. The van der Waals surface area contributed by atoms with Gasteiger partial charge in [-0.25, -0.2) is 14.8 Å². The highest BCUT2D eigenvalue weighted by Gasteiger charge is 2.44. The van der Waals surface area contributed by atoms with Crippen molar-refractivity contribution in [3.05, 3.63) is 24.3 Å². The molecule has 130 valence electrons. The van der Waals surface area contributed by atoms with Crippen molar-refractivity contribution in [3.8, 4) is 0 Å². The Morgan fingerprint density at radius 3 is 2.25 bits per heavy atom. The number of rotatable bonds is 2. The Balaban J connectivity index is 1.74. The van der Waals surface area contributed by atoms with Gasteiger partial charge in [-0.15, -0.1) is 0 Å². The maximum atomic E-state index is 12.7. The smallest absolute Gasteiger partial charge is 0.410 e. The van der Waals surface area contributed by atoms with Gasteiger partial charge in [-0.1, -0.05) is 0 Å². The molecule has 0 aliphatic carbocycles. The quantitative estimate of drug-likeness (QED) is 0.778. The molecule has 6 heteroatoms. The Hall–Kier alpha value is -1.98. The van der Waals surface area contributed by atoms with Gasteiger partial charge in [-0.3, -0.25) is 4.79 Å². The van der Waals surface area contributed by atoms with E-state index in [0.717, 1.165) is 19.3 Å². The molecule has 1 aromatic heterocycles. The lowest BCUT2D eigenvalue weighted by molar-refractivity contribution is -0.0261. The first-order chi connectivity index (χ1) is 11.3. The van der Waals surface area contributed by atoms with Crippen LogP contribution < -0.4 is 0 Å². The molecule has 3 heterocycles. The fraction of sp³-hybridized carbons (Fsp3) is 0.667. The van der Waals surface area contributed by atoms with Gasteiger partial charge in [0.05, 0.1) is 0 Å². The fourth-order valence-corrected chi connectivity index (χ4v) is 3.82. The molecule has 2 fully saturated rings. The molecule has 0 spiro atoms. The van der Waals surface area contributed by atoms with Crippen LogP contribution in [0.2, 0.25) is 0 Å². The van der Waals surface area contributed by atoms with Gasteiger partial charge in [0.1, 0.15) is 5.60 Å². The van der Waals surface area contributed by atoms with Crippen molar-refractivity contribution in [2.24, 2.45) is 5.92 Å². The number of carbonyl (C=O) groups excluding carboxylic acids is 2. The molecular formula is C18H25N3O3. The van der Waals surface area contributed by atoms with E-state index in [1.54, 1.807) is 18.5 Å². The third kappa shape index (κ3) is 3.57. The Kier molecular flexibility index (Phi) is 4.56. The van der Waals surface area contributed by atoms with Gasteiger partial charge in [0.25, 0.3) is 0 Å². The van der Waals surface area contributed by atoms with Crippen LogP contribution in [-0.2, 0) is 4.74 Å². The van der Waals surface area contributed by atoms with E-state index in [0.29, 0.717) is 12.8 Å². The molecule has 24 heavy (non-hydrogen) atoms. The van der Waals surface area contributed by atoms with Gasteiger partial charge in [0, 0.05) is 30.4 Å². The molecular weight excluding hydrogens is 306 g/mol. The summed E-state index contributed by atoms with van der Waals surface area (Å²) in [7, 11) is 0. The summed E-state index contributed by atoms with van der Waals surface area (Å²) >= 11 is 0. The molecule has 1 aromatic rings. The number of nitrogens with zero attached hydrogens (tertiary/aromatic N) is 3. The Morgan fingerprint density at radius 1 is 1.12 bits per heavy atom. The number of piperidine rings is 2. The number of carbonyl (C=O) groups is 2. The van der Waals surface area contributed by atoms with E-state index >= 15 is 0 Å². The number of ketones is 1. The zero-order chi connectivity index (χ0) is 17.3. The Bertz CT molecular complexity index is 598. The zero-order valence-electron chi connectivity index (χ0n) is 14.6. The molecule has 2 aliphatic rings. The maximum absolute atomic E-state index is 12.7. The third-order valence-corrected chi connectivity index (χ3v) is 4.74. The summed E-state index contributed by atoms with van der Waals surface area (Å²) in [5, 5.41) is 0. The minimum atomic E-state index is -0.504. The highest BCUT2D eigenvalue weighted by Crippen LogP contribution is 2.38. The highest BCUT2D eigenvalue weighted by molar-refractivity contribution is 5.94. The Labute approximate surface area is 142 Å². The second kappa shape index (κ2) is 6.49. The van der Waals surface area contributed by atoms with Gasteiger partial charge < -0.3 is 9.64 Å². The maximum Gasteiger partial charge on any atom is 0.410 e. The van der Waals surface area contributed by atoms with Crippen LogP contribution in [0.3, 0.4) is 0 Å². The minimum absolute atomic E-state index is 0.00339. The van der Waals surface area contributed by atoms with Crippen LogP contribution in [0.1, 0.15) is 63.5 Å². The molecule has 0 N–H and O–H groups in total. The lowest BCUT2D eigenvalue weighted by Crippen LogP contribution is -2.56. The van der Waals surface area contributed by atoms with Crippen molar-refractivity contribution < 1.29 is 14.3 Å². The average Bonchev–Trinajstić information content (AvgIpc) is 2.52. The molecule has 0 saturated carbocycles. The van der Waals surface area contributed by atoms with Crippen LogP contribution in [0.15, 0.2) is 18.5 Å². The summed E-state index contributed by atoms with van der Waals surface area (Å²) in [5.41, 5.74) is -0.504.